The molecule has 422 valence electrons. The minimum atomic E-state index is -0.764. The van der Waals surface area contributed by atoms with E-state index in [4.69, 9.17) is 14.2 Å². The van der Waals surface area contributed by atoms with E-state index in [-0.39, 0.29) is 31.1 Å². The molecule has 0 aliphatic rings. The largest absolute Gasteiger partial charge is 0.462 e. The quantitative estimate of drug-likeness (QED) is 0.0343. The van der Waals surface area contributed by atoms with E-state index in [2.05, 4.69) is 34.6 Å². The van der Waals surface area contributed by atoms with E-state index in [0.717, 1.165) is 69.6 Å². The second-order valence-electron chi connectivity index (χ2n) is 23.1. The van der Waals surface area contributed by atoms with Gasteiger partial charge in [-0.25, -0.2) is 0 Å². The molecule has 0 heterocycles. The third kappa shape index (κ3) is 57.5. The van der Waals surface area contributed by atoms with Gasteiger partial charge in [-0.2, -0.15) is 0 Å². The summed E-state index contributed by atoms with van der Waals surface area (Å²) >= 11 is 0. The lowest BCUT2D eigenvalue weighted by molar-refractivity contribution is -0.167. The summed E-state index contributed by atoms with van der Waals surface area (Å²) < 4.78 is 17.0. The van der Waals surface area contributed by atoms with Crippen molar-refractivity contribution in [3.8, 4) is 0 Å². The van der Waals surface area contributed by atoms with Crippen molar-refractivity contribution < 1.29 is 28.6 Å². The van der Waals surface area contributed by atoms with Crippen LogP contribution in [0.2, 0.25) is 0 Å². The van der Waals surface area contributed by atoms with Crippen LogP contribution in [-0.4, -0.2) is 37.2 Å². The van der Waals surface area contributed by atoms with Gasteiger partial charge in [-0.15, -0.1) is 0 Å². The average Bonchev–Trinajstić information content (AvgIpc) is 3.36. The third-order valence-electron chi connectivity index (χ3n) is 15.3. The standard InChI is InChI=1S/C65H126O6/c1-6-8-9-10-11-12-13-14-15-18-22-25-30-35-40-45-50-55-63(66)69-58-62(59-70-64(67)56-51-46-41-36-32-27-28-33-38-43-48-53-60(3)4)71-65(68)57-52-47-42-37-31-26-23-20-17-16-19-21-24-29-34-39-44-49-54-61(5)7-2/h60-62H,6-59H2,1-5H3/t61?,62-/m0/s1. The van der Waals surface area contributed by atoms with Crippen LogP contribution in [-0.2, 0) is 28.6 Å². The number of unbranched alkanes of at least 4 members (excludes halogenated alkanes) is 43. The Kier molecular flexibility index (Phi) is 56.4. The molecule has 0 N–H and O–H groups in total. The van der Waals surface area contributed by atoms with E-state index in [1.54, 1.807) is 0 Å². The average molecular weight is 1000 g/mol. The highest BCUT2D eigenvalue weighted by atomic mass is 16.6. The van der Waals surface area contributed by atoms with E-state index in [0.29, 0.717) is 19.3 Å². The van der Waals surface area contributed by atoms with Gasteiger partial charge in [0.2, 0.25) is 0 Å². The summed E-state index contributed by atoms with van der Waals surface area (Å²) in [6, 6.07) is 0. The summed E-state index contributed by atoms with van der Waals surface area (Å²) in [5.74, 6) is 0.904. The molecule has 0 rings (SSSR count). The number of carbonyl (C=O) groups is 3. The van der Waals surface area contributed by atoms with E-state index in [9.17, 15) is 14.4 Å². The molecule has 0 fully saturated rings. The summed E-state index contributed by atoms with van der Waals surface area (Å²) in [6.45, 7) is 11.5. The van der Waals surface area contributed by atoms with Gasteiger partial charge in [0.15, 0.2) is 6.10 Å². The molecule has 6 nitrogen and oxygen atoms in total. The van der Waals surface area contributed by atoms with E-state index in [1.165, 1.54) is 257 Å². The smallest absolute Gasteiger partial charge is 0.306 e. The Morgan fingerprint density at radius 3 is 0.803 bits per heavy atom. The highest BCUT2D eigenvalue weighted by Crippen LogP contribution is 2.19. The normalized spacial score (nSPS) is 12.4. The first-order chi connectivity index (χ1) is 34.8. The summed E-state index contributed by atoms with van der Waals surface area (Å²) in [6.07, 6.45) is 63.9. The van der Waals surface area contributed by atoms with Crippen LogP contribution in [0.4, 0.5) is 0 Å². The highest BCUT2D eigenvalue weighted by Gasteiger charge is 2.19. The zero-order valence-corrected chi connectivity index (χ0v) is 48.9. The maximum Gasteiger partial charge on any atom is 0.306 e. The summed E-state index contributed by atoms with van der Waals surface area (Å²) in [5.41, 5.74) is 0. The van der Waals surface area contributed by atoms with Gasteiger partial charge >= 0.3 is 17.9 Å². The van der Waals surface area contributed by atoms with Crippen molar-refractivity contribution in [3.63, 3.8) is 0 Å². The topological polar surface area (TPSA) is 78.9 Å². The minimum Gasteiger partial charge on any atom is -0.462 e. The second-order valence-corrected chi connectivity index (χ2v) is 23.1. The minimum absolute atomic E-state index is 0.0619. The Hall–Kier alpha value is -1.59. The molecular formula is C65H126O6. The van der Waals surface area contributed by atoms with Crippen LogP contribution in [0.15, 0.2) is 0 Å². The summed E-state index contributed by atoms with van der Waals surface area (Å²) in [4.78, 5) is 38.3. The molecule has 0 bridgehead atoms. The molecule has 0 aromatic heterocycles. The first kappa shape index (κ1) is 69.4. The van der Waals surface area contributed by atoms with Gasteiger partial charge in [-0.1, -0.05) is 330 Å². The van der Waals surface area contributed by atoms with Crippen LogP contribution in [0.3, 0.4) is 0 Å². The van der Waals surface area contributed by atoms with Crippen molar-refractivity contribution >= 4 is 17.9 Å². The maximum absolute atomic E-state index is 12.9. The Morgan fingerprint density at radius 1 is 0.296 bits per heavy atom. The predicted molar refractivity (Wildman–Crippen MR) is 307 cm³/mol. The second kappa shape index (κ2) is 57.7. The van der Waals surface area contributed by atoms with Crippen LogP contribution in [0.25, 0.3) is 0 Å². The molecule has 0 aromatic rings. The van der Waals surface area contributed by atoms with E-state index in [1.807, 2.05) is 0 Å². The lowest BCUT2D eigenvalue weighted by Crippen LogP contribution is -2.30. The van der Waals surface area contributed by atoms with Crippen LogP contribution >= 0.6 is 0 Å². The van der Waals surface area contributed by atoms with Crippen LogP contribution in [0.1, 0.15) is 369 Å². The lowest BCUT2D eigenvalue weighted by atomic mass is 9.99. The SMILES string of the molecule is CCCCCCCCCCCCCCCCCCCC(=O)OC[C@@H](COC(=O)CCCCCCCCCCCCCC(C)C)OC(=O)CCCCCCCCCCCCCCCCCCCCC(C)CC. The van der Waals surface area contributed by atoms with Crippen molar-refractivity contribution in [2.75, 3.05) is 13.2 Å². The molecule has 0 spiro atoms. The maximum atomic E-state index is 12.9. The van der Waals surface area contributed by atoms with Crippen LogP contribution < -0.4 is 0 Å². The number of hydrogen-bond acceptors (Lipinski definition) is 6. The van der Waals surface area contributed by atoms with Gasteiger partial charge in [0.05, 0.1) is 0 Å². The van der Waals surface area contributed by atoms with Gasteiger partial charge in [-0.3, -0.25) is 14.4 Å². The molecule has 0 saturated heterocycles. The monoisotopic (exact) mass is 1000 g/mol. The molecule has 0 aromatic carbocycles. The molecule has 0 aliphatic heterocycles. The van der Waals surface area contributed by atoms with E-state index < -0.39 is 6.10 Å². The zero-order valence-electron chi connectivity index (χ0n) is 48.9. The van der Waals surface area contributed by atoms with Gasteiger partial charge in [0, 0.05) is 19.3 Å². The van der Waals surface area contributed by atoms with Crippen molar-refractivity contribution in [2.24, 2.45) is 11.8 Å². The molecule has 0 amide bonds. The van der Waals surface area contributed by atoms with Gasteiger partial charge in [0.1, 0.15) is 13.2 Å². The van der Waals surface area contributed by atoms with Crippen molar-refractivity contribution in [1.82, 2.24) is 0 Å². The van der Waals surface area contributed by atoms with Gasteiger partial charge in [0.25, 0.3) is 0 Å². The van der Waals surface area contributed by atoms with Crippen molar-refractivity contribution in [3.05, 3.63) is 0 Å². The Morgan fingerprint density at radius 2 is 0.535 bits per heavy atom. The molecule has 71 heavy (non-hydrogen) atoms. The molecular weight excluding hydrogens is 877 g/mol. The predicted octanol–water partition coefficient (Wildman–Crippen LogP) is 21.6. The number of ether oxygens (including phenoxy) is 3. The fourth-order valence-corrected chi connectivity index (χ4v) is 10.1. The Balaban J connectivity index is 4.26. The number of hydrogen-bond donors (Lipinski definition) is 0. The van der Waals surface area contributed by atoms with Crippen LogP contribution in [0, 0.1) is 11.8 Å². The first-order valence-electron chi connectivity index (χ1n) is 32.3. The van der Waals surface area contributed by atoms with Gasteiger partial charge < -0.3 is 14.2 Å². The fraction of sp³-hybridized carbons (Fsp3) is 0.954. The van der Waals surface area contributed by atoms with Crippen molar-refractivity contribution in [2.45, 2.75) is 375 Å². The van der Waals surface area contributed by atoms with E-state index >= 15 is 0 Å². The number of carbonyl (C=O) groups excluding carboxylic acids is 3. The van der Waals surface area contributed by atoms with Crippen molar-refractivity contribution in [1.29, 1.82) is 0 Å². The Labute approximate surface area is 444 Å². The lowest BCUT2D eigenvalue weighted by Gasteiger charge is -2.18. The van der Waals surface area contributed by atoms with Gasteiger partial charge in [-0.05, 0) is 31.1 Å². The highest BCUT2D eigenvalue weighted by molar-refractivity contribution is 5.71. The molecule has 0 aliphatic carbocycles. The number of rotatable bonds is 59. The molecule has 1 unspecified atom stereocenters. The zero-order chi connectivity index (χ0) is 51.8. The fourth-order valence-electron chi connectivity index (χ4n) is 10.1. The molecule has 0 radical (unpaired) electrons. The first-order valence-corrected chi connectivity index (χ1v) is 32.3. The summed E-state index contributed by atoms with van der Waals surface area (Å²) in [7, 11) is 0. The molecule has 0 saturated carbocycles. The van der Waals surface area contributed by atoms with Crippen LogP contribution in [0.5, 0.6) is 0 Å². The number of esters is 3. The third-order valence-corrected chi connectivity index (χ3v) is 15.3. The molecule has 2 atom stereocenters. The Bertz CT molecular complexity index is 1090. The summed E-state index contributed by atoms with van der Waals surface area (Å²) in [5, 5.41) is 0. The molecule has 6 heteroatoms.